The molecule has 2 N–H and O–H groups in total. The highest BCUT2D eigenvalue weighted by Gasteiger charge is 2.42. The second-order valence-corrected chi connectivity index (χ2v) is 2.70. The van der Waals surface area contributed by atoms with E-state index >= 15 is 0 Å². The number of halogens is 3. The van der Waals surface area contributed by atoms with Gasteiger partial charge in [-0.05, 0) is 6.92 Å². The van der Waals surface area contributed by atoms with Crippen LogP contribution in [0.4, 0.5) is 13.2 Å². The Hall–Kier alpha value is -0.780. The molecule has 0 rings (SSSR count). The highest BCUT2D eigenvalue weighted by molar-refractivity contribution is 5.79. The number of ether oxygens (including phenoxy) is 1. The summed E-state index contributed by atoms with van der Waals surface area (Å²) >= 11 is 0. The molecule has 0 aliphatic rings. The maximum atomic E-state index is 11.8. The van der Waals surface area contributed by atoms with Crippen LogP contribution < -0.4 is 5.73 Å². The summed E-state index contributed by atoms with van der Waals surface area (Å²) in [6, 6.07) is 0. The summed E-state index contributed by atoms with van der Waals surface area (Å²) in [6.45, 7) is 0.978. The molecule has 0 saturated carbocycles. The molecule has 6 heteroatoms. The molecule has 0 aliphatic carbocycles. The first-order valence-electron chi connectivity index (χ1n) is 3.13. The van der Waals surface area contributed by atoms with Crippen LogP contribution in [-0.4, -0.2) is 24.8 Å². The zero-order valence-corrected chi connectivity index (χ0v) is 6.73. The van der Waals surface area contributed by atoms with Gasteiger partial charge in [-0.1, -0.05) is 0 Å². The first kappa shape index (κ1) is 11.2. The van der Waals surface area contributed by atoms with E-state index in [9.17, 15) is 18.0 Å². The smallest absolute Gasteiger partial charge is 0.391 e. The maximum absolute atomic E-state index is 11.8. The van der Waals surface area contributed by atoms with Crippen molar-refractivity contribution in [2.45, 2.75) is 25.1 Å². The van der Waals surface area contributed by atoms with Crippen molar-refractivity contribution in [2.75, 3.05) is 7.11 Å². The SMILES string of the molecule is COC(=O)[C@@](C)(N)CC(F)(F)F. The van der Waals surface area contributed by atoms with Gasteiger partial charge >= 0.3 is 12.1 Å². The Balaban J connectivity index is 4.32. The molecule has 0 radical (unpaired) electrons. The van der Waals surface area contributed by atoms with Gasteiger partial charge in [0.05, 0.1) is 13.5 Å². The van der Waals surface area contributed by atoms with E-state index in [1.165, 1.54) is 0 Å². The zero-order valence-electron chi connectivity index (χ0n) is 6.73. The van der Waals surface area contributed by atoms with Crippen LogP contribution in [0.25, 0.3) is 0 Å². The average molecular weight is 185 g/mol. The second-order valence-electron chi connectivity index (χ2n) is 2.70. The number of methoxy groups -OCH3 is 1. The summed E-state index contributed by atoms with van der Waals surface area (Å²) in [5, 5.41) is 0. The van der Waals surface area contributed by atoms with Crippen LogP contribution in [-0.2, 0) is 9.53 Å². The van der Waals surface area contributed by atoms with Gasteiger partial charge in [0.2, 0.25) is 0 Å². The first-order chi connectivity index (χ1) is 5.19. The standard InChI is InChI=1S/C6H10F3NO2/c1-5(10,4(11)12-2)3-6(7,8)9/h3,10H2,1-2H3/t5-/m0/s1. The number of hydrogen-bond donors (Lipinski definition) is 1. The summed E-state index contributed by atoms with van der Waals surface area (Å²) in [5.41, 5.74) is 3.07. The van der Waals surface area contributed by atoms with Gasteiger partial charge in [-0.3, -0.25) is 4.79 Å². The molecule has 0 saturated heterocycles. The Morgan fingerprint density at radius 2 is 1.92 bits per heavy atom. The number of carbonyl (C=O) groups is 1. The third-order valence-corrected chi connectivity index (χ3v) is 1.22. The number of alkyl halides is 3. The molecular formula is C6H10F3NO2. The van der Waals surface area contributed by atoms with Crippen LogP contribution in [0.5, 0.6) is 0 Å². The number of rotatable bonds is 2. The Kier molecular flexibility index (Phi) is 3.09. The fraction of sp³-hybridized carbons (Fsp3) is 0.833. The predicted octanol–water partition coefficient (Wildman–Crippen LogP) is 0.829. The van der Waals surface area contributed by atoms with Gasteiger partial charge in [-0.25, -0.2) is 0 Å². The Morgan fingerprint density at radius 1 is 1.50 bits per heavy atom. The molecule has 0 amide bonds. The molecule has 72 valence electrons. The summed E-state index contributed by atoms with van der Waals surface area (Å²) in [4.78, 5) is 10.7. The summed E-state index contributed by atoms with van der Waals surface area (Å²) < 4.78 is 39.4. The van der Waals surface area contributed by atoms with E-state index in [1.807, 2.05) is 0 Å². The third kappa shape index (κ3) is 3.56. The largest absolute Gasteiger partial charge is 0.468 e. The number of carbonyl (C=O) groups excluding carboxylic acids is 1. The zero-order chi connectivity index (χ0) is 9.99. The number of hydrogen-bond acceptors (Lipinski definition) is 3. The van der Waals surface area contributed by atoms with Crippen molar-refractivity contribution in [1.82, 2.24) is 0 Å². The van der Waals surface area contributed by atoms with Crippen LogP contribution in [0.3, 0.4) is 0 Å². The molecule has 3 nitrogen and oxygen atoms in total. The van der Waals surface area contributed by atoms with Crippen LogP contribution in [0, 0.1) is 0 Å². The topological polar surface area (TPSA) is 52.3 Å². The Morgan fingerprint density at radius 3 is 2.17 bits per heavy atom. The lowest BCUT2D eigenvalue weighted by Crippen LogP contribution is -2.48. The lowest BCUT2D eigenvalue weighted by molar-refractivity contribution is -0.167. The van der Waals surface area contributed by atoms with Gasteiger partial charge in [-0.2, -0.15) is 13.2 Å². The van der Waals surface area contributed by atoms with Crippen LogP contribution in [0.15, 0.2) is 0 Å². The lowest BCUT2D eigenvalue weighted by atomic mass is 9.99. The van der Waals surface area contributed by atoms with E-state index in [2.05, 4.69) is 4.74 Å². The molecule has 1 atom stereocenters. The summed E-state index contributed by atoms with van der Waals surface area (Å²) in [6.07, 6.45) is -5.84. The molecule has 0 fully saturated rings. The van der Waals surface area contributed by atoms with Crippen molar-refractivity contribution < 1.29 is 22.7 Å². The first-order valence-corrected chi connectivity index (χ1v) is 3.13. The van der Waals surface area contributed by atoms with Crippen molar-refractivity contribution in [3.05, 3.63) is 0 Å². The molecule has 0 aromatic carbocycles. The van der Waals surface area contributed by atoms with Crippen LogP contribution in [0.1, 0.15) is 13.3 Å². The van der Waals surface area contributed by atoms with E-state index in [0.29, 0.717) is 0 Å². The molecule has 0 aromatic rings. The highest BCUT2D eigenvalue weighted by Crippen LogP contribution is 2.26. The minimum Gasteiger partial charge on any atom is -0.468 e. The van der Waals surface area contributed by atoms with E-state index in [0.717, 1.165) is 14.0 Å². The fourth-order valence-electron chi connectivity index (χ4n) is 0.722. The van der Waals surface area contributed by atoms with Crippen molar-refractivity contribution in [3.8, 4) is 0 Å². The van der Waals surface area contributed by atoms with E-state index in [-0.39, 0.29) is 0 Å². The van der Waals surface area contributed by atoms with Gasteiger partial charge in [-0.15, -0.1) is 0 Å². The van der Waals surface area contributed by atoms with Crippen molar-refractivity contribution >= 4 is 5.97 Å². The molecule has 12 heavy (non-hydrogen) atoms. The lowest BCUT2D eigenvalue weighted by Gasteiger charge is -2.22. The summed E-state index contributed by atoms with van der Waals surface area (Å²) in [7, 11) is 0.990. The van der Waals surface area contributed by atoms with Gasteiger partial charge < -0.3 is 10.5 Å². The van der Waals surface area contributed by atoms with Crippen molar-refractivity contribution in [2.24, 2.45) is 5.73 Å². The fourth-order valence-corrected chi connectivity index (χ4v) is 0.722. The minimum absolute atomic E-state index is 0.978. The van der Waals surface area contributed by atoms with E-state index in [4.69, 9.17) is 5.73 Å². The number of nitrogens with two attached hydrogens (primary N) is 1. The molecule has 0 aromatic heterocycles. The second kappa shape index (κ2) is 3.30. The van der Waals surface area contributed by atoms with Crippen molar-refractivity contribution in [3.63, 3.8) is 0 Å². The number of esters is 1. The van der Waals surface area contributed by atoms with Gasteiger partial charge in [0.1, 0.15) is 5.54 Å². The molecule has 0 heterocycles. The van der Waals surface area contributed by atoms with E-state index in [1.54, 1.807) is 0 Å². The average Bonchev–Trinajstić information content (AvgIpc) is 1.80. The Bertz CT molecular complexity index is 176. The maximum Gasteiger partial charge on any atom is 0.391 e. The van der Waals surface area contributed by atoms with Crippen LogP contribution in [0.2, 0.25) is 0 Å². The van der Waals surface area contributed by atoms with Gasteiger partial charge in [0.15, 0.2) is 0 Å². The predicted molar refractivity (Wildman–Crippen MR) is 35.3 cm³/mol. The van der Waals surface area contributed by atoms with Gasteiger partial charge in [0.25, 0.3) is 0 Å². The molecular weight excluding hydrogens is 175 g/mol. The van der Waals surface area contributed by atoms with Gasteiger partial charge in [0, 0.05) is 0 Å². The monoisotopic (exact) mass is 185 g/mol. The summed E-state index contributed by atoms with van der Waals surface area (Å²) in [5.74, 6) is -1.07. The quantitative estimate of drug-likeness (QED) is 0.648. The molecule has 0 aliphatic heterocycles. The normalized spacial score (nSPS) is 16.8. The van der Waals surface area contributed by atoms with Crippen molar-refractivity contribution in [1.29, 1.82) is 0 Å². The molecule has 0 unspecified atom stereocenters. The highest BCUT2D eigenvalue weighted by atomic mass is 19.4. The molecule has 0 spiro atoms. The Labute approximate surface area is 67.7 Å². The van der Waals surface area contributed by atoms with Crippen LogP contribution >= 0.6 is 0 Å². The third-order valence-electron chi connectivity index (χ3n) is 1.22. The molecule has 0 bridgehead atoms. The van der Waals surface area contributed by atoms with E-state index < -0.39 is 24.1 Å². The minimum atomic E-state index is -4.46.